The molecular formula is C47H50ClN9O6S. The van der Waals surface area contributed by atoms with E-state index < -0.39 is 31.4 Å². The van der Waals surface area contributed by atoms with Crippen LogP contribution in [0.4, 0.5) is 11.4 Å². The van der Waals surface area contributed by atoms with Gasteiger partial charge in [-0.25, -0.2) is 22.8 Å². The highest BCUT2D eigenvalue weighted by Crippen LogP contribution is 2.43. The van der Waals surface area contributed by atoms with Crippen molar-refractivity contribution < 1.29 is 22.9 Å². The number of sulfonamides is 1. The van der Waals surface area contributed by atoms with E-state index in [0.29, 0.717) is 35.0 Å². The Morgan fingerprint density at radius 2 is 1.80 bits per heavy atom. The van der Waals surface area contributed by atoms with E-state index in [9.17, 15) is 23.3 Å². The van der Waals surface area contributed by atoms with Crippen LogP contribution >= 0.6 is 11.6 Å². The Bertz CT molecular complexity index is 2940. The lowest BCUT2D eigenvalue weighted by molar-refractivity contribution is -0.386. The summed E-state index contributed by atoms with van der Waals surface area (Å²) < 4.78 is 37.6. The smallest absolute Gasteiger partial charge is 0.312 e. The zero-order valence-electron chi connectivity index (χ0n) is 35.8. The number of hydrogen-bond acceptors (Lipinski definition) is 11. The number of pyridine rings is 1. The number of H-pyrrole nitrogens is 1. The predicted molar refractivity (Wildman–Crippen MR) is 247 cm³/mol. The van der Waals surface area contributed by atoms with Gasteiger partial charge in [-0.15, -0.1) is 0 Å². The summed E-state index contributed by atoms with van der Waals surface area (Å²) in [4.78, 5) is 40.3. The molecule has 3 aromatic carbocycles. The molecule has 3 aromatic heterocycles. The maximum Gasteiger partial charge on any atom is 0.312 e. The zero-order chi connectivity index (χ0) is 44.3. The quantitative estimate of drug-likeness (QED) is 0.0901. The number of ether oxygens (including phenoxy) is 1. The van der Waals surface area contributed by atoms with Crippen molar-refractivity contribution in [3.63, 3.8) is 0 Å². The van der Waals surface area contributed by atoms with Crippen molar-refractivity contribution in [2.75, 3.05) is 50.7 Å². The first-order valence-electron chi connectivity index (χ1n) is 21.9. The normalized spacial score (nSPS) is 19.7. The number of allylic oxidation sites excluding steroid dienone is 1. The molecule has 6 aromatic rings. The summed E-state index contributed by atoms with van der Waals surface area (Å²) in [5, 5.41) is 18.4. The van der Waals surface area contributed by atoms with Crippen LogP contribution in [0.2, 0.25) is 5.02 Å². The van der Waals surface area contributed by atoms with Crippen LogP contribution in [0.3, 0.4) is 0 Å². The summed E-state index contributed by atoms with van der Waals surface area (Å²) in [6.07, 6.45) is 9.38. The van der Waals surface area contributed by atoms with E-state index in [1.54, 1.807) is 23.1 Å². The summed E-state index contributed by atoms with van der Waals surface area (Å²) >= 11 is 6.26. The lowest BCUT2D eigenvalue weighted by Crippen LogP contribution is -2.47. The summed E-state index contributed by atoms with van der Waals surface area (Å²) in [5.41, 5.74) is 7.00. The number of aromatic nitrogens is 4. The van der Waals surface area contributed by atoms with Crippen LogP contribution in [0, 0.1) is 15.5 Å². The van der Waals surface area contributed by atoms with E-state index in [1.165, 1.54) is 28.8 Å². The fraction of sp³-hybridized carbons (Fsp3) is 0.383. The molecule has 332 valence electrons. The summed E-state index contributed by atoms with van der Waals surface area (Å²) in [6, 6.07) is 21.3. The molecule has 0 radical (unpaired) electrons. The number of likely N-dealkylation sites (tertiary alicyclic amines) is 1. The molecule has 0 spiro atoms. The van der Waals surface area contributed by atoms with Gasteiger partial charge in [0.2, 0.25) is 0 Å². The van der Waals surface area contributed by atoms with Gasteiger partial charge in [0.1, 0.15) is 17.3 Å². The molecular weight excluding hydrogens is 854 g/mol. The second-order valence-electron chi connectivity index (χ2n) is 18.3. The molecule has 3 fully saturated rings. The van der Waals surface area contributed by atoms with E-state index in [4.69, 9.17) is 21.3 Å². The summed E-state index contributed by atoms with van der Waals surface area (Å²) in [6.45, 7) is 10.2. The second kappa shape index (κ2) is 16.6. The Morgan fingerprint density at radius 1 is 1.00 bits per heavy atom. The zero-order valence-corrected chi connectivity index (χ0v) is 37.4. The lowest BCUT2D eigenvalue weighted by Gasteiger charge is -2.39. The number of nitrogens with zero attached hydrogens (tertiary/aromatic N) is 7. The molecule has 15 nitrogen and oxygen atoms in total. The van der Waals surface area contributed by atoms with E-state index >= 15 is 0 Å². The van der Waals surface area contributed by atoms with Crippen molar-refractivity contribution in [2.45, 2.75) is 69.4 Å². The van der Waals surface area contributed by atoms with Crippen molar-refractivity contribution in [1.29, 1.82) is 0 Å². The number of nitrogens with one attached hydrogen (secondary N) is 2. The van der Waals surface area contributed by atoms with Crippen molar-refractivity contribution in [2.24, 2.45) is 5.41 Å². The van der Waals surface area contributed by atoms with E-state index in [-0.39, 0.29) is 22.8 Å². The topological polar surface area (TPSA) is 172 Å². The molecule has 1 atom stereocenters. The average Bonchev–Trinajstić information content (AvgIpc) is 3.62. The maximum absolute atomic E-state index is 14.2. The van der Waals surface area contributed by atoms with E-state index in [2.05, 4.69) is 55.5 Å². The number of carbonyl (C=O) groups excluding carboxylic acids is 1. The van der Waals surface area contributed by atoms with Crippen molar-refractivity contribution >= 4 is 66.5 Å². The molecule has 4 aliphatic rings. The van der Waals surface area contributed by atoms with Crippen LogP contribution in [0.5, 0.6) is 5.75 Å². The lowest BCUT2D eigenvalue weighted by atomic mass is 9.72. The van der Waals surface area contributed by atoms with Crippen LogP contribution in [-0.2, 0) is 10.0 Å². The number of rotatable bonds is 12. The van der Waals surface area contributed by atoms with Gasteiger partial charge in [0.25, 0.3) is 15.9 Å². The third kappa shape index (κ3) is 8.59. The van der Waals surface area contributed by atoms with Gasteiger partial charge < -0.3 is 14.6 Å². The number of carbonyl (C=O) groups is 1. The molecule has 1 amide bonds. The van der Waals surface area contributed by atoms with Crippen LogP contribution in [0.15, 0.2) is 95.7 Å². The highest BCUT2D eigenvalue weighted by molar-refractivity contribution is 7.90. The molecule has 10 rings (SSSR count). The van der Waals surface area contributed by atoms with Gasteiger partial charge in [-0.2, -0.15) is 5.10 Å². The number of hydrogen-bond donors (Lipinski definition) is 2. The molecule has 5 heterocycles. The molecule has 64 heavy (non-hydrogen) atoms. The van der Waals surface area contributed by atoms with Gasteiger partial charge in [-0.05, 0) is 110 Å². The predicted octanol–water partition coefficient (Wildman–Crippen LogP) is 7.98. The minimum atomic E-state index is -4.59. The van der Waals surface area contributed by atoms with Gasteiger partial charge in [-0.1, -0.05) is 43.2 Å². The minimum Gasteiger partial charge on any atom is -0.482 e. The van der Waals surface area contributed by atoms with Crippen LogP contribution in [0.1, 0.15) is 68.3 Å². The number of halogens is 1. The largest absolute Gasteiger partial charge is 0.482 e. The van der Waals surface area contributed by atoms with Crippen molar-refractivity contribution in [3.8, 4) is 11.4 Å². The number of piperazine rings is 1. The fourth-order valence-electron chi connectivity index (χ4n) is 9.54. The average molecular weight is 904 g/mol. The van der Waals surface area contributed by atoms with Gasteiger partial charge in [-0.3, -0.25) is 24.7 Å². The molecule has 2 N–H and O–H groups in total. The Morgan fingerprint density at radius 3 is 2.56 bits per heavy atom. The standard InChI is InChI=1S/C47H50ClN9O6S/c1-47(2)16-13-32(39(26-47)30-3-5-33(48)6-4-30)28-53-19-21-54(22-20-53)35-9-11-38(41(24-35)56-42-23-31-14-17-49-45(31)51-40(42)27-50-56)46(58)52-64(61,62)37-10-12-44(43(25-37)57(59)60)63-36-15-18-55(29-36)34-7-8-34/h3-6,9-12,14,17,23-25,27,34,36H,7-8,13,15-16,18-22,26,28-29H2,1-2H3,(H,49,51)(H,52,58). The van der Waals surface area contributed by atoms with Gasteiger partial charge >= 0.3 is 5.69 Å². The Labute approximate surface area is 376 Å². The van der Waals surface area contributed by atoms with E-state index in [0.717, 1.165) is 100.0 Å². The number of nitro benzene ring substituents is 1. The number of amides is 1. The molecule has 2 saturated heterocycles. The number of fused-ring (bicyclic) bond motifs is 2. The van der Waals surface area contributed by atoms with Gasteiger partial charge in [0.05, 0.1) is 32.8 Å². The third-order valence-corrected chi connectivity index (χ3v) is 14.8. The molecule has 1 unspecified atom stereocenters. The van der Waals surface area contributed by atoms with Crippen LogP contribution < -0.4 is 14.4 Å². The third-order valence-electron chi connectivity index (χ3n) is 13.2. The van der Waals surface area contributed by atoms with Crippen LogP contribution in [0.25, 0.3) is 33.3 Å². The first-order valence-corrected chi connectivity index (χ1v) is 23.8. The first kappa shape index (κ1) is 42.2. The van der Waals surface area contributed by atoms with Crippen molar-refractivity contribution in [3.05, 3.63) is 117 Å². The number of anilines is 1. The molecule has 1 saturated carbocycles. The summed E-state index contributed by atoms with van der Waals surface area (Å²) in [5.74, 6) is -0.926. The summed E-state index contributed by atoms with van der Waals surface area (Å²) in [7, 11) is -4.59. The first-order chi connectivity index (χ1) is 30.8. The van der Waals surface area contributed by atoms with E-state index in [1.807, 2.05) is 36.4 Å². The number of nitro groups is 1. The number of benzene rings is 3. The van der Waals surface area contributed by atoms with Gasteiger partial charge in [0.15, 0.2) is 5.75 Å². The number of aromatic amines is 1. The van der Waals surface area contributed by atoms with Crippen LogP contribution in [-0.4, -0.2) is 107 Å². The molecule has 2 aliphatic heterocycles. The SMILES string of the molecule is CC1(C)CCC(CN2CCN(c3ccc(C(=O)NS(=O)(=O)c4ccc(OC5CCN(C6CC6)C5)c([N+](=O)[O-])c4)c(-n4ncc5nc6[nH]ccc6cc54)c3)CC2)=C(c2ccc(Cl)cc2)C1. The Kier molecular flexibility index (Phi) is 11.0. The monoisotopic (exact) mass is 903 g/mol. The molecule has 0 bridgehead atoms. The van der Waals surface area contributed by atoms with Crippen molar-refractivity contribution in [1.82, 2.24) is 34.3 Å². The Balaban J connectivity index is 0.910. The highest BCUT2D eigenvalue weighted by atomic mass is 35.5. The molecule has 2 aliphatic carbocycles. The van der Waals surface area contributed by atoms with Gasteiger partial charge in [0, 0.05) is 80.2 Å². The highest BCUT2D eigenvalue weighted by Gasteiger charge is 2.36. The maximum atomic E-state index is 14.2. The fourth-order valence-corrected chi connectivity index (χ4v) is 10.7. The molecule has 17 heteroatoms. The minimum absolute atomic E-state index is 0.00913. The Hall–Kier alpha value is -5.81. The second-order valence-corrected chi connectivity index (χ2v) is 20.5.